The van der Waals surface area contributed by atoms with E-state index in [0.717, 1.165) is 30.4 Å². The van der Waals surface area contributed by atoms with Crippen LogP contribution in [-0.2, 0) is 16.0 Å². The number of anilines is 1. The summed E-state index contributed by atoms with van der Waals surface area (Å²) >= 11 is 0. The quantitative estimate of drug-likeness (QED) is 0.759. The van der Waals surface area contributed by atoms with Gasteiger partial charge in [0.2, 0.25) is 0 Å². The van der Waals surface area contributed by atoms with Gasteiger partial charge < -0.3 is 10.1 Å². The predicted molar refractivity (Wildman–Crippen MR) is 99.9 cm³/mol. The molecular formula is C21H25NO3. The van der Waals surface area contributed by atoms with Gasteiger partial charge in [-0.3, -0.25) is 4.79 Å². The molecule has 1 amide bonds. The minimum atomic E-state index is -0.484. The lowest BCUT2D eigenvalue weighted by atomic mass is 10.1. The van der Waals surface area contributed by atoms with Crippen molar-refractivity contribution in [3.05, 3.63) is 64.7 Å². The molecule has 0 aromatic heterocycles. The molecule has 0 fully saturated rings. The number of esters is 1. The Morgan fingerprint density at radius 1 is 1.04 bits per heavy atom. The van der Waals surface area contributed by atoms with E-state index in [2.05, 4.69) is 12.2 Å². The van der Waals surface area contributed by atoms with Gasteiger partial charge in [0.1, 0.15) is 0 Å². The first-order valence-electron chi connectivity index (χ1n) is 8.62. The summed E-state index contributed by atoms with van der Waals surface area (Å²) in [6, 6.07) is 13.2. The van der Waals surface area contributed by atoms with Crippen LogP contribution in [0.15, 0.2) is 42.5 Å². The molecule has 132 valence electrons. The van der Waals surface area contributed by atoms with Crippen molar-refractivity contribution in [2.45, 2.75) is 40.0 Å². The van der Waals surface area contributed by atoms with Gasteiger partial charge in [-0.25, -0.2) is 4.79 Å². The molecule has 0 bridgehead atoms. The number of benzene rings is 2. The number of aryl methyl sites for hydroxylation is 3. The molecule has 0 saturated carbocycles. The fourth-order valence-electron chi connectivity index (χ4n) is 2.58. The summed E-state index contributed by atoms with van der Waals surface area (Å²) in [5.74, 6) is -0.831. The first-order chi connectivity index (χ1) is 12.0. The smallest absolute Gasteiger partial charge is 0.338 e. The van der Waals surface area contributed by atoms with Crippen LogP contribution < -0.4 is 5.32 Å². The number of hydrogen-bond acceptors (Lipinski definition) is 3. The zero-order valence-corrected chi connectivity index (χ0v) is 15.1. The molecule has 0 aliphatic carbocycles. The topological polar surface area (TPSA) is 55.4 Å². The van der Waals surface area contributed by atoms with Crippen molar-refractivity contribution < 1.29 is 14.3 Å². The highest BCUT2D eigenvalue weighted by atomic mass is 16.5. The van der Waals surface area contributed by atoms with Crippen LogP contribution in [-0.4, -0.2) is 18.5 Å². The van der Waals surface area contributed by atoms with Crippen LogP contribution in [0.25, 0.3) is 0 Å². The molecule has 4 heteroatoms. The first kappa shape index (κ1) is 18.7. The minimum Gasteiger partial charge on any atom is -0.452 e. The van der Waals surface area contributed by atoms with Gasteiger partial charge in [-0.15, -0.1) is 0 Å². The summed E-state index contributed by atoms with van der Waals surface area (Å²) in [5, 5.41) is 2.74. The molecule has 0 radical (unpaired) electrons. The van der Waals surface area contributed by atoms with Crippen LogP contribution in [0, 0.1) is 13.8 Å². The number of amides is 1. The van der Waals surface area contributed by atoms with Gasteiger partial charge in [0.05, 0.1) is 5.56 Å². The number of rotatable bonds is 7. The zero-order chi connectivity index (χ0) is 18.2. The number of ether oxygens (including phenoxy) is 1. The zero-order valence-electron chi connectivity index (χ0n) is 15.1. The average molecular weight is 339 g/mol. The molecule has 0 saturated heterocycles. The third kappa shape index (κ3) is 5.75. The Balaban J connectivity index is 1.84. The number of carbonyl (C=O) groups excluding carboxylic acids is 2. The Kier molecular flexibility index (Phi) is 6.75. The number of nitrogens with one attached hydrogen (secondary N) is 1. The number of unbranched alkanes of at least 4 members (excludes halogenated alkanes) is 1. The third-order valence-electron chi connectivity index (χ3n) is 3.99. The highest BCUT2D eigenvalue weighted by Gasteiger charge is 2.12. The van der Waals surface area contributed by atoms with E-state index in [9.17, 15) is 9.59 Å². The highest BCUT2D eigenvalue weighted by molar-refractivity contribution is 5.96. The normalized spacial score (nSPS) is 10.4. The van der Waals surface area contributed by atoms with Crippen molar-refractivity contribution in [2.75, 3.05) is 11.9 Å². The van der Waals surface area contributed by atoms with Gasteiger partial charge >= 0.3 is 5.97 Å². The molecule has 2 aromatic carbocycles. The number of carbonyl (C=O) groups is 2. The highest BCUT2D eigenvalue weighted by Crippen LogP contribution is 2.13. The molecule has 1 N–H and O–H groups in total. The van der Waals surface area contributed by atoms with E-state index < -0.39 is 5.97 Å². The summed E-state index contributed by atoms with van der Waals surface area (Å²) in [6.45, 7) is 5.67. The minimum absolute atomic E-state index is 0.302. The summed E-state index contributed by atoms with van der Waals surface area (Å²) in [5.41, 5.74) is 4.36. The molecular weight excluding hydrogens is 314 g/mol. The summed E-state index contributed by atoms with van der Waals surface area (Å²) in [4.78, 5) is 24.0. The fraction of sp³-hybridized carbons (Fsp3) is 0.333. The Labute approximate surface area is 149 Å². The van der Waals surface area contributed by atoms with Crippen molar-refractivity contribution in [1.82, 2.24) is 0 Å². The Bertz CT molecular complexity index is 735. The van der Waals surface area contributed by atoms with Crippen molar-refractivity contribution in [3.8, 4) is 0 Å². The standard InChI is InChI=1S/C21H25NO3/c1-4-5-6-17-8-10-18(11-9-17)22-20(23)14-25-21(24)19-12-7-15(2)13-16(19)3/h7-13H,4-6,14H2,1-3H3,(H,22,23). The molecule has 0 unspecified atom stereocenters. The fourth-order valence-corrected chi connectivity index (χ4v) is 2.58. The molecule has 0 aliphatic rings. The van der Waals surface area contributed by atoms with Crippen LogP contribution >= 0.6 is 0 Å². The molecule has 0 atom stereocenters. The second kappa shape index (κ2) is 9.02. The van der Waals surface area contributed by atoms with E-state index in [1.54, 1.807) is 6.07 Å². The second-order valence-electron chi connectivity index (χ2n) is 6.24. The van der Waals surface area contributed by atoms with Gasteiger partial charge in [-0.2, -0.15) is 0 Å². The molecule has 0 spiro atoms. The Hall–Kier alpha value is -2.62. The van der Waals surface area contributed by atoms with Gasteiger partial charge in [0.25, 0.3) is 5.91 Å². The van der Waals surface area contributed by atoms with Crippen molar-refractivity contribution in [2.24, 2.45) is 0 Å². The van der Waals surface area contributed by atoms with Gasteiger partial charge in [0, 0.05) is 5.69 Å². The molecule has 2 aromatic rings. The average Bonchev–Trinajstić information content (AvgIpc) is 2.59. The summed E-state index contributed by atoms with van der Waals surface area (Å²) < 4.78 is 5.11. The van der Waals surface area contributed by atoms with E-state index >= 15 is 0 Å². The van der Waals surface area contributed by atoms with E-state index in [1.807, 2.05) is 50.2 Å². The Morgan fingerprint density at radius 3 is 2.40 bits per heavy atom. The van der Waals surface area contributed by atoms with Gasteiger partial charge in [-0.1, -0.05) is 43.2 Å². The monoisotopic (exact) mass is 339 g/mol. The molecule has 0 heterocycles. The lowest BCUT2D eigenvalue weighted by Gasteiger charge is -2.09. The second-order valence-corrected chi connectivity index (χ2v) is 6.24. The molecule has 4 nitrogen and oxygen atoms in total. The maximum atomic E-state index is 12.1. The van der Waals surface area contributed by atoms with E-state index in [0.29, 0.717) is 11.3 Å². The van der Waals surface area contributed by atoms with Crippen molar-refractivity contribution >= 4 is 17.6 Å². The van der Waals surface area contributed by atoms with Crippen LogP contribution in [0.5, 0.6) is 0 Å². The van der Waals surface area contributed by atoms with Crippen LogP contribution in [0.2, 0.25) is 0 Å². The molecule has 0 aliphatic heterocycles. The van der Waals surface area contributed by atoms with Gasteiger partial charge in [-0.05, 0) is 56.0 Å². The van der Waals surface area contributed by atoms with Crippen LogP contribution in [0.4, 0.5) is 5.69 Å². The number of hydrogen-bond donors (Lipinski definition) is 1. The maximum absolute atomic E-state index is 12.1. The van der Waals surface area contributed by atoms with Crippen LogP contribution in [0.3, 0.4) is 0 Å². The lowest BCUT2D eigenvalue weighted by molar-refractivity contribution is -0.119. The summed E-state index contributed by atoms with van der Waals surface area (Å²) in [7, 11) is 0. The third-order valence-corrected chi connectivity index (χ3v) is 3.99. The van der Waals surface area contributed by atoms with Gasteiger partial charge in [0.15, 0.2) is 6.61 Å². The lowest BCUT2D eigenvalue weighted by Crippen LogP contribution is -2.21. The maximum Gasteiger partial charge on any atom is 0.338 e. The van der Waals surface area contributed by atoms with E-state index in [-0.39, 0.29) is 12.5 Å². The van der Waals surface area contributed by atoms with Crippen LogP contribution in [0.1, 0.15) is 46.8 Å². The molecule has 25 heavy (non-hydrogen) atoms. The molecule has 2 rings (SSSR count). The Morgan fingerprint density at radius 2 is 1.76 bits per heavy atom. The summed E-state index contributed by atoms with van der Waals surface area (Å²) in [6.07, 6.45) is 3.35. The van der Waals surface area contributed by atoms with Crippen molar-refractivity contribution in [1.29, 1.82) is 0 Å². The van der Waals surface area contributed by atoms with Crippen molar-refractivity contribution in [3.63, 3.8) is 0 Å². The first-order valence-corrected chi connectivity index (χ1v) is 8.62. The van der Waals surface area contributed by atoms with E-state index in [4.69, 9.17) is 4.74 Å². The SMILES string of the molecule is CCCCc1ccc(NC(=O)COC(=O)c2ccc(C)cc2C)cc1. The van der Waals surface area contributed by atoms with E-state index in [1.165, 1.54) is 5.56 Å². The predicted octanol–water partition coefficient (Wildman–Crippen LogP) is 4.44. The largest absolute Gasteiger partial charge is 0.452 e.